The molecule has 1 aromatic rings. The average Bonchev–Trinajstić information content (AvgIpc) is 2.71. The molecule has 1 aromatic carbocycles. The number of Topliss-reactive ketones (excluding diaryl/α,β-unsaturated/α-hetero) is 1. The molecule has 2 rings (SSSR count). The number of hydrogen-bond acceptors (Lipinski definition) is 4. The molecule has 88 valence electrons. The highest BCUT2D eigenvalue weighted by atomic mass is 32.2. The van der Waals surface area contributed by atoms with Gasteiger partial charge in [0.1, 0.15) is 11.5 Å². The molecule has 1 heterocycles. The summed E-state index contributed by atoms with van der Waals surface area (Å²) in [4.78, 5) is 23.3. The number of benzene rings is 1. The Morgan fingerprint density at radius 3 is 2.53 bits per heavy atom. The SMILES string of the molecule is CC(=O)C1=C(S(=O)c2ccccc2)C(=O)OC1. The molecule has 0 saturated heterocycles. The first-order valence-electron chi connectivity index (χ1n) is 4.99. The first-order chi connectivity index (χ1) is 8.11. The first-order valence-corrected chi connectivity index (χ1v) is 6.14. The number of carbonyl (C=O) groups is 2. The van der Waals surface area contributed by atoms with Crippen LogP contribution >= 0.6 is 0 Å². The summed E-state index contributed by atoms with van der Waals surface area (Å²) in [6.45, 7) is 1.25. The lowest BCUT2D eigenvalue weighted by atomic mass is 10.2. The van der Waals surface area contributed by atoms with Crippen LogP contribution in [0, 0.1) is 0 Å². The third kappa shape index (κ3) is 2.19. The Kier molecular flexibility index (Phi) is 3.19. The first kappa shape index (κ1) is 11.7. The Bertz CT molecular complexity index is 531. The van der Waals surface area contributed by atoms with Gasteiger partial charge in [-0.1, -0.05) is 18.2 Å². The van der Waals surface area contributed by atoms with Crippen LogP contribution in [-0.4, -0.2) is 22.6 Å². The lowest BCUT2D eigenvalue weighted by molar-refractivity contribution is -0.135. The maximum atomic E-state index is 12.2. The van der Waals surface area contributed by atoms with Crippen molar-refractivity contribution in [2.75, 3.05) is 6.61 Å². The van der Waals surface area contributed by atoms with Crippen molar-refractivity contribution in [2.45, 2.75) is 11.8 Å². The molecule has 17 heavy (non-hydrogen) atoms. The van der Waals surface area contributed by atoms with Crippen LogP contribution in [0.1, 0.15) is 6.92 Å². The van der Waals surface area contributed by atoms with Crippen molar-refractivity contribution < 1.29 is 18.5 Å². The molecule has 0 amide bonds. The van der Waals surface area contributed by atoms with Gasteiger partial charge in [-0.2, -0.15) is 0 Å². The second-order valence-electron chi connectivity index (χ2n) is 3.52. The van der Waals surface area contributed by atoms with E-state index in [-0.39, 0.29) is 22.9 Å². The molecular formula is C12H10O4S. The number of ether oxygens (including phenoxy) is 1. The van der Waals surface area contributed by atoms with Gasteiger partial charge in [-0.3, -0.25) is 4.79 Å². The van der Waals surface area contributed by atoms with E-state index in [1.54, 1.807) is 30.3 Å². The summed E-state index contributed by atoms with van der Waals surface area (Å²) in [5.74, 6) is -0.951. The summed E-state index contributed by atoms with van der Waals surface area (Å²) in [7, 11) is -1.66. The minimum Gasteiger partial charge on any atom is -0.457 e. The standard InChI is InChI=1S/C12H10O4S/c1-8(13)10-7-16-12(14)11(10)17(15)9-5-3-2-4-6-9/h2-6H,7H2,1H3. The highest BCUT2D eigenvalue weighted by Gasteiger charge is 2.32. The van der Waals surface area contributed by atoms with E-state index in [2.05, 4.69) is 0 Å². The van der Waals surface area contributed by atoms with E-state index in [4.69, 9.17) is 4.74 Å². The van der Waals surface area contributed by atoms with Gasteiger partial charge in [0.05, 0.1) is 16.4 Å². The Morgan fingerprint density at radius 1 is 1.29 bits per heavy atom. The van der Waals surface area contributed by atoms with E-state index in [1.165, 1.54) is 6.92 Å². The summed E-state index contributed by atoms with van der Waals surface area (Å²) in [6, 6.07) is 8.52. The smallest absolute Gasteiger partial charge is 0.348 e. The van der Waals surface area contributed by atoms with Gasteiger partial charge < -0.3 is 4.74 Å². The fraction of sp³-hybridized carbons (Fsp3) is 0.167. The summed E-state index contributed by atoms with van der Waals surface area (Å²) >= 11 is 0. The number of ketones is 1. The molecular weight excluding hydrogens is 240 g/mol. The van der Waals surface area contributed by atoms with E-state index in [1.807, 2.05) is 0 Å². The van der Waals surface area contributed by atoms with Crippen LogP contribution in [0.5, 0.6) is 0 Å². The Balaban J connectivity index is 2.46. The monoisotopic (exact) mass is 250 g/mol. The minimum atomic E-state index is -1.66. The zero-order valence-corrected chi connectivity index (χ0v) is 9.95. The predicted octanol–water partition coefficient (Wildman–Crippen LogP) is 1.19. The zero-order chi connectivity index (χ0) is 12.4. The second-order valence-corrected chi connectivity index (χ2v) is 4.94. The van der Waals surface area contributed by atoms with Crippen molar-refractivity contribution in [3.05, 3.63) is 40.8 Å². The van der Waals surface area contributed by atoms with E-state index >= 15 is 0 Å². The fourth-order valence-electron chi connectivity index (χ4n) is 1.50. The molecule has 0 aliphatic carbocycles. The van der Waals surface area contributed by atoms with Crippen LogP contribution in [0.25, 0.3) is 0 Å². The maximum Gasteiger partial charge on any atom is 0.348 e. The van der Waals surface area contributed by atoms with Crippen molar-refractivity contribution in [3.63, 3.8) is 0 Å². The number of hydrogen-bond donors (Lipinski definition) is 0. The number of esters is 1. The maximum absolute atomic E-state index is 12.2. The Hall–Kier alpha value is -1.75. The lowest BCUT2D eigenvalue weighted by Crippen LogP contribution is -2.08. The predicted molar refractivity (Wildman–Crippen MR) is 61.5 cm³/mol. The Labute approximate surface area is 101 Å². The number of carbonyl (C=O) groups excluding carboxylic acids is 2. The molecule has 0 N–H and O–H groups in total. The normalized spacial score (nSPS) is 16.9. The van der Waals surface area contributed by atoms with Crippen LogP contribution in [0.15, 0.2) is 45.7 Å². The van der Waals surface area contributed by atoms with Crippen LogP contribution in [-0.2, 0) is 25.1 Å². The third-order valence-corrected chi connectivity index (χ3v) is 3.86. The lowest BCUT2D eigenvalue weighted by Gasteiger charge is -2.01. The molecule has 0 spiro atoms. The van der Waals surface area contributed by atoms with Gasteiger partial charge in [0.15, 0.2) is 5.78 Å². The number of rotatable bonds is 3. The van der Waals surface area contributed by atoms with Gasteiger partial charge in [-0.05, 0) is 19.1 Å². The van der Waals surface area contributed by atoms with Gasteiger partial charge in [-0.25, -0.2) is 9.00 Å². The van der Waals surface area contributed by atoms with E-state index < -0.39 is 16.8 Å². The average molecular weight is 250 g/mol. The topological polar surface area (TPSA) is 60.4 Å². The molecule has 0 saturated carbocycles. The third-order valence-electron chi connectivity index (χ3n) is 2.37. The van der Waals surface area contributed by atoms with E-state index in [0.29, 0.717) is 4.90 Å². The molecule has 4 nitrogen and oxygen atoms in total. The van der Waals surface area contributed by atoms with Crippen molar-refractivity contribution >= 4 is 22.6 Å². The highest BCUT2D eigenvalue weighted by molar-refractivity contribution is 7.90. The largest absolute Gasteiger partial charge is 0.457 e. The minimum absolute atomic E-state index is 0.0244. The van der Waals surface area contributed by atoms with Crippen molar-refractivity contribution in [2.24, 2.45) is 0 Å². The summed E-state index contributed by atoms with van der Waals surface area (Å²) in [5.41, 5.74) is 0.206. The molecule has 5 heteroatoms. The van der Waals surface area contributed by atoms with Crippen LogP contribution in [0.2, 0.25) is 0 Å². The summed E-state index contributed by atoms with van der Waals surface area (Å²) in [5, 5.41) is 0. The van der Waals surface area contributed by atoms with Gasteiger partial charge in [-0.15, -0.1) is 0 Å². The van der Waals surface area contributed by atoms with Crippen molar-refractivity contribution in [3.8, 4) is 0 Å². The van der Waals surface area contributed by atoms with E-state index in [9.17, 15) is 13.8 Å². The molecule has 1 atom stereocenters. The quantitative estimate of drug-likeness (QED) is 0.756. The second kappa shape index (κ2) is 4.63. The van der Waals surface area contributed by atoms with Gasteiger partial charge in [0, 0.05) is 4.90 Å². The molecule has 1 aliphatic rings. The van der Waals surface area contributed by atoms with Gasteiger partial charge in [0.2, 0.25) is 0 Å². The molecule has 1 aliphatic heterocycles. The van der Waals surface area contributed by atoms with Crippen molar-refractivity contribution in [1.82, 2.24) is 0 Å². The van der Waals surface area contributed by atoms with E-state index in [0.717, 1.165) is 0 Å². The Morgan fingerprint density at radius 2 is 1.94 bits per heavy atom. The zero-order valence-electron chi connectivity index (χ0n) is 9.14. The highest BCUT2D eigenvalue weighted by Crippen LogP contribution is 2.24. The fourth-order valence-corrected chi connectivity index (χ4v) is 2.78. The summed E-state index contributed by atoms with van der Waals surface area (Å²) < 4.78 is 16.9. The molecule has 1 unspecified atom stereocenters. The van der Waals surface area contributed by atoms with Gasteiger partial charge in [0.25, 0.3) is 0 Å². The van der Waals surface area contributed by atoms with Crippen molar-refractivity contribution in [1.29, 1.82) is 0 Å². The molecule has 0 bridgehead atoms. The van der Waals surface area contributed by atoms with Crippen LogP contribution < -0.4 is 0 Å². The molecule has 0 radical (unpaired) electrons. The summed E-state index contributed by atoms with van der Waals surface area (Å²) in [6.07, 6.45) is 0. The molecule has 0 fully saturated rings. The van der Waals surface area contributed by atoms with Crippen LogP contribution in [0.4, 0.5) is 0 Å². The van der Waals surface area contributed by atoms with Crippen LogP contribution in [0.3, 0.4) is 0 Å². The number of cyclic esters (lactones) is 1. The van der Waals surface area contributed by atoms with Gasteiger partial charge >= 0.3 is 5.97 Å². The molecule has 0 aromatic heterocycles.